The van der Waals surface area contributed by atoms with Crippen molar-refractivity contribution in [1.82, 2.24) is 4.90 Å². The summed E-state index contributed by atoms with van der Waals surface area (Å²) in [4.78, 5) is 26.7. The number of amides is 2. The van der Waals surface area contributed by atoms with Crippen LogP contribution in [0, 0.1) is 25.6 Å². The standard InChI is InChI=1S/C22H26FN3O2/c1-15-6-7-20(12-16(15)2)24-21(27)14-26-10-8-17(9-11-26)22(28)25-19-5-3-4-18(23)13-19/h3-7,12-13,17H,8-11,14H2,1-2H3,(H,24,27)(H,25,28). The van der Waals surface area contributed by atoms with E-state index in [0.717, 1.165) is 11.3 Å². The van der Waals surface area contributed by atoms with E-state index in [-0.39, 0.29) is 23.5 Å². The molecule has 2 N–H and O–H groups in total. The van der Waals surface area contributed by atoms with Crippen LogP contribution in [0.25, 0.3) is 0 Å². The lowest BCUT2D eigenvalue weighted by Gasteiger charge is -2.30. The molecule has 1 aliphatic heterocycles. The summed E-state index contributed by atoms with van der Waals surface area (Å²) in [6.45, 7) is 5.73. The van der Waals surface area contributed by atoms with Crippen LogP contribution in [-0.4, -0.2) is 36.3 Å². The minimum atomic E-state index is -0.373. The van der Waals surface area contributed by atoms with Crippen molar-refractivity contribution in [2.75, 3.05) is 30.3 Å². The largest absolute Gasteiger partial charge is 0.326 e. The zero-order chi connectivity index (χ0) is 20.1. The molecule has 0 saturated carbocycles. The predicted octanol–water partition coefficient (Wildman–Crippen LogP) is 3.73. The third kappa shape index (κ3) is 5.39. The van der Waals surface area contributed by atoms with Crippen molar-refractivity contribution >= 4 is 23.2 Å². The van der Waals surface area contributed by atoms with Gasteiger partial charge in [0.2, 0.25) is 11.8 Å². The summed E-state index contributed by atoms with van der Waals surface area (Å²) in [5.41, 5.74) is 3.61. The molecular weight excluding hydrogens is 357 g/mol. The summed E-state index contributed by atoms with van der Waals surface area (Å²) in [6, 6.07) is 11.8. The summed E-state index contributed by atoms with van der Waals surface area (Å²) < 4.78 is 13.2. The van der Waals surface area contributed by atoms with E-state index in [1.54, 1.807) is 12.1 Å². The first kappa shape index (κ1) is 20.0. The van der Waals surface area contributed by atoms with E-state index in [1.807, 2.05) is 32.0 Å². The summed E-state index contributed by atoms with van der Waals surface area (Å²) in [7, 11) is 0. The molecule has 1 saturated heterocycles. The van der Waals surface area contributed by atoms with Crippen molar-refractivity contribution < 1.29 is 14.0 Å². The lowest BCUT2D eigenvalue weighted by Crippen LogP contribution is -2.41. The third-order valence-electron chi connectivity index (χ3n) is 5.21. The van der Waals surface area contributed by atoms with Gasteiger partial charge in [-0.3, -0.25) is 14.5 Å². The highest BCUT2D eigenvalue weighted by Gasteiger charge is 2.26. The molecule has 0 spiro atoms. The molecule has 0 bridgehead atoms. The normalized spacial score (nSPS) is 15.2. The SMILES string of the molecule is Cc1ccc(NC(=O)CN2CCC(C(=O)Nc3cccc(F)c3)CC2)cc1C. The number of carbonyl (C=O) groups excluding carboxylic acids is 2. The number of benzene rings is 2. The monoisotopic (exact) mass is 383 g/mol. The Hall–Kier alpha value is -2.73. The van der Waals surface area contributed by atoms with Gasteiger partial charge in [-0.2, -0.15) is 0 Å². The van der Waals surface area contributed by atoms with Crippen LogP contribution < -0.4 is 10.6 Å². The molecule has 2 aromatic rings. The maximum atomic E-state index is 13.2. The molecule has 148 valence electrons. The van der Waals surface area contributed by atoms with Crippen LogP contribution in [0.3, 0.4) is 0 Å². The van der Waals surface area contributed by atoms with E-state index in [4.69, 9.17) is 0 Å². The van der Waals surface area contributed by atoms with Gasteiger partial charge in [0.05, 0.1) is 6.54 Å². The molecular formula is C22H26FN3O2. The minimum Gasteiger partial charge on any atom is -0.326 e. The molecule has 1 aliphatic rings. The van der Waals surface area contributed by atoms with Crippen molar-refractivity contribution in [1.29, 1.82) is 0 Å². The van der Waals surface area contributed by atoms with Crippen molar-refractivity contribution in [3.8, 4) is 0 Å². The van der Waals surface area contributed by atoms with Crippen LogP contribution in [0.5, 0.6) is 0 Å². The van der Waals surface area contributed by atoms with Gasteiger partial charge >= 0.3 is 0 Å². The zero-order valence-corrected chi connectivity index (χ0v) is 16.3. The van der Waals surface area contributed by atoms with Crippen LogP contribution in [0.1, 0.15) is 24.0 Å². The fourth-order valence-corrected chi connectivity index (χ4v) is 3.39. The van der Waals surface area contributed by atoms with E-state index in [2.05, 4.69) is 15.5 Å². The zero-order valence-electron chi connectivity index (χ0n) is 16.3. The van der Waals surface area contributed by atoms with E-state index < -0.39 is 0 Å². The average molecular weight is 383 g/mol. The molecule has 3 rings (SSSR count). The topological polar surface area (TPSA) is 61.4 Å². The van der Waals surface area contributed by atoms with Gasteiger partial charge < -0.3 is 10.6 Å². The van der Waals surface area contributed by atoms with Gasteiger partial charge in [0.15, 0.2) is 0 Å². The molecule has 0 aromatic heterocycles. The second-order valence-electron chi connectivity index (χ2n) is 7.40. The average Bonchev–Trinajstić information content (AvgIpc) is 2.65. The van der Waals surface area contributed by atoms with Crippen LogP contribution in [0.15, 0.2) is 42.5 Å². The molecule has 0 aliphatic carbocycles. The minimum absolute atomic E-state index is 0.0501. The van der Waals surface area contributed by atoms with Crippen molar-refractivity contribution in [2.24, 2.45) is 5.92 Å². The Kier molecular flexibility index (Phi) is 6.41. The lowest BCUT2D eigenvalue weighted by molar-refractivity contribution is -0.121. The number of rotatable bonds is 5. The van der Waals surface area contributed by atoms with Gasteiger partial charge in [0.25, 0.3) is 0 Å². The number of carbonyl (C=O) groups is 2. The first-order valence-electron chi connectivity index (χ1n) is 9.56. The van der Waals surface area contributed by atoms with E-state index in [9.17, 15) is 14.0 Å². The number of nitrogens with zero attached hydrogens (tertiary/aromatic N) is 1. The van der Waals surface area contributed by atoms with E-state index in [1.165, 1.54) is 17.7 Å². The van der Waals surface area contributed by atoms with Crippen LogP contribution in [-0.2, 0) is 9.59 Å². The Morgan fingerprint density at radius 3 is 2.39 bits per heavy atom. The fourth-order valence-electron chi connectivity index (χ4n) is 3.39. The number of hydrogen-bond donors (Lipinski definition) is 2. The number of aryl methyl sites for hydroxylation is 2. The number of nitrogens with one attached hydrogen (secondary N) is 2. The summed E-state index contributed by atoms with van der Waals surface area (Å²) in [5.74, 6) is -0.638. The fraction of sp³-hybridized carbons (Fsp3) is 0.364. The van der Waals surface area contributed by atoms with Crippen LogP contribution in [0.4, 0.5) is 15.8 Å². The van der Waals surface area contributed by atoms with Crippen LogP contribution in [0.2, 0.25) is 0 Å². The molecule has 0 atom stereocenters. The number of anilines is 2. The molecule has 5 nitrogen and oxygen atoms in total. The van der Waals surface area contributed by atoms with Gasteiger partial charge in [0, 0.05) is 17.3 Å². The quantitative estimate of drug-likeness (QED) is 0.827. The molecule has 2 aromatic carbocycles. The highest BCUT2D eigenvalue weighted by atomic mass is 19.1. The Morgan fingerprint density at radius 1 is 1.00 bits per heavy atom. The first-order valence-corrected chi connectivity index (χ1v) is 9.56. The third-order valence-corrected chi connectivity index (χ3v) is 5.21. The van der Waals surface area contributed by atoms with Gasteiger partial charge in [-0.15, -0.1) is 0 Å². The Balaban J connectivity index is 1.45. The highest BCUT2D eigenvalue weighted by Crippen LogP contribution is 2.20. The van der Waals surface area contributed by atoms with Crippen LogP contribution >= 0.6 is 0 Å². The van der Waals surface area contributed by atoms with E-state index >= 15 is 0 Å². The predicted molar refractivity (Wildman–Crippen MR) is 109 cm³/mol. The second-order valence-corrected chi connectivity index (χ2v) is 7.40. The molecule has 0 unspecified atom stereocenters. The van der Waals surface area contributed by atoms with E-state index in [0.29, 0.717) is 38.2 Å². The number of halogens is 1. The summed E-state index contributed by atoms with van der Waals surface area (Å²) in [5, 5.41) is 5.71. The number of piperidine rings is 1. The van der Waals surface area contributed by atoms with Gasteiger partial charge in [0.1, 0.15) is 5.82 Å². The van der Waals surface area contributed by atoms with Gasteiger partial charge in [-0.1, -0.05) is 12.1 Å². The Bertz CT molecular complexity index is 861. The molecule has 6 heteroatoms. The first-order chi connectivity index (χ1) is 13.4. The molecule has 1 fully saturated rings. The van der Waals surface area contributed by atoms with Gasteiger partial charge in [-0.25, -0.2) is 4.39 Å². The van der Waals surface area contributed by atoms with Crippen molar-refractivity contribution in [3.05, 3.63) is 59.4 Å². The second kappa shape index (κ2) is 8.97. The lowest BCUT2D eigenvalue weighted by atomic mass is 9.96. The molecule has 2 amide bonds. The van der Waals surface area contributed by atoms with Gasteiger partial charge in [-0.05, 0) is 81.2 Å². The molecule has 0 radical (unpaired) electrons. The summed E-state index contributed by atoms with van der Waals surface area (Å²) in [6.07, 6.45) is 1.36. The maximum Gasteiger partial charge on any atom is 0.238 e. The number of likely N-dealkylation sites (tertiary alicyclic amines) is 1. The Labute approximate surface area is 164 Å². The molecule has 28 heavy (non-hydrogen) atoms. The van der Waals surface area contributed by atoms with Crippen molar-refractivity contribution in [3.63, 3.8) is 0 Å². The Morgan fingerprint density at radius 2 is 1.71 bits per heavy atom. The highest BCUT2D eigenvalue weighted by molar-refractivity contribution is 5.93. The molecule has 1 heterocycles. The smallest absolute Gasteiger partial charge is 0.238 e. The maximum absolute atomic E-state index is 13.2. The summed E-state index contributed by atoms with van der Waals surface area (Å²) >= 11 is 0. The van der Waals surface area contributed by atoms with Crippen molar-refractivity contribution in [2.45, 2.75) is 26.7 Å². The number of hydrogen-bond acceptors (Lipinski definition) is 3.